The first-order valence-electron chi connectivity index (χ1n) is 4.70. The van der Waals surface area contributed by atoms with E-state index in [1.165, 1.54) is 12.1 Å². The Hall–Kier alpha value is -0.200. The van der Waals surface area contributed by atoms with Gasteiger partial charge in [0, 0.05) is 11.5 Å². The Morgan fingerprint density at radius 1 is 1.27 bits per heavy atom. The number of rotatable bonds is 6. The quantitative estimate of drug-likeness (QED) is 0.455. The topological polar surface area (TPSA) is 18.5 Å². The molecule has 0 aliphatic rings. The molecule has 2 nitrogen and oxygen atoms in total. The van der Waals surface area contributed by atoms with Gasteiger partial charge in [0.25, 0.3) is 0 Å². The normalized spacial score (nSPS) is 12.7. The molecule has 4 heteroatoms. The summed E-state index contributed by atoms with van der Waals surface area (Å²) in [5, 5.41) is 0. The Morgan fingerprint density at radius 2 is 1.93 bits per heavy atom. The fraction of sp³-hybridized carbons (Fsp3) is 0.455. The highest BCUT2D eigenvalue weighted by molar-refractivity contribution is 14.1. The number of alkyl halides is 1. The van der Waals surface area contributed by atoms with E-state index in [9.17, 15) is 4.39 Å². The number of hydrogen-bond donors (Lipinski definition) is 0. The molecular weight excluding hydrogens is 310 g/mol. The molecule has 0 bridgehead atoms. The SMILES string of the molecule is COCCOC(CI)c1ccc(F)cc1. The minimum atomic E-state index is -0.220. The Balaban J connectivity index is 2.53. The largest absolute Gasteiger partial charge is 0.382 e. The van der Waals surface area contributed by atoms with Crippen LogP contribution in [0.5, 0.6) is 0 Å². The lowest BCUT2D eigenvalue weighted by Crippen LogP contribution is -2.10. The minimum Gasteiger partial charge on any atom is -0.382 e. The van der Waals surface area contributed by atoms with E-state index < -0.39 is 0 Å². The molecule has 0 heterocycles. The van der Waals surface area contributed by atoms with E-state index in [2.05, 4.69) is 22.6 Å². The fourth-order valence-electron chi connectivity index (χ4n) is 1.18. The highest BCUT2D eigenvalue weighted by atomic mass is 127. The lowest BCUT2D eigenvalue weighted by molar-refractivity contribution is 0.0292. The molecule has 1 aromatic rings. The predicted molar refractivity (Wildman–Crippen MR) is 65.9 cm³/mol. The number of hydrogen-bond acceptors (Lipinski definition) is 2. The van der Waals surface area contributed by atoms with Crippen molar-refractivity contribution in [3.8, 4) is 0 Å². The number of halogens is 2. The van der Waals surface area contributed by atoms with E-state index in [0.717, 1.165) is 9.99 Å². The number of ether oxygens (including phenoxy) is 2. The fourth-order valence-corrected chi connectivity index (χ4v) is 1.94. The van der Waals surface area contributed by atoms with Crippen molar-refractivity contribution in [2.45, 2.75) is 6.10 Å². The molecule has 0 aliphatic carbocycles. The van der Waals surface area contributed by atoms with Crippen molar-refractivity contribution in [1.29, 1.82) is 0 Å². The maximum Gasteiger partial charge on any atom is 0.123 e. The first-order chi connectivity index (χ1) is 7.27. The van der Waals surface area contributed by atoms with Crippen LogP contribution >= 0.6 is 22.6 Å². The van der Waals surface area contributed by atoms with Crippen molar-refractivity contribution in [2.24, 2.45) is 0 Å². The molecule has 0 saturated heterocycles. The zero-order valence-electron chi connectivity index (χ0n) is 8.58. The second kappa shape index (κ2) is 7.14. The third kappa shape index (κ3) is 4.44. The van der Waals surface area contributed by atoms with Crippen LogP contribution in [0.1, 0.15) is 11.7 Å². The molecule has 0 aromatic heterocycles. The van der Waals surface area contributed by atoms with E-state index in [1.807, 2.05) is 0 Å². The first-order valence-corrected chi connectivity index (χ1v) is 6.22. The van der Waals surface area contributed by atoms with Gasteiger partial charge in [-0.3, -0.25) is 0 Å². The third-order valence-corrected chi connectivity index (χ3v) is 2.79. The molecule has 0 radical (unpaired) electrons. The van der Waals surface area contributed by atoms with Crippen LogP contribution in [0, 0.1) is 5.82 Å². The summed E-state index contributed by atoms with van der Waals surface area (Å²) in [7, 11) is 1.64. The Bertz CT molecular complexity index is 276. The van der Waals surface area contributed by atoms with Crippen LogP contribution in [0.15, 0.2) is 24.3 Å². The van der Waals surface area contributed by atoms with Gasteiger partial charge in [-0.2, -0.15) is 0 Å². The number of methoxy groups -OCH3 is 1. The van der Waals surface area contributed by atoms with Gasteiger partial charge in [-0.15, -0.1) is 0 Å². The monoisotopic (exact) mass is 324 g/mol. The van der Waals surface area contributed by atoms with Gasteiger partial charge >= 0.3 is 0 Å². The van der Waals surface area contributed by atoms with E-state index in [4.69, 9.17) is 9.47 Å². The first kappa shape index (κ1) is 12.9. The molecule has 0 amide bonds. The van der Waals surface area contributed by atoms with Gasteiger partial charge in [-0.1, -0.05) is 34.7 Å². The van der Waals surface area contributed by atoms with Crippen LogP contribution in [0.4, 0.5) is 4.39 Å². The van der Waals surface area contributed by atoms with E-state index in [-0.39, 0.29) is 11.9 Å². The van der Waals surface area contributed by atoms with Crippen LogP contribution in [-0.4, -0.2) is 24.8 Å². The maximum absolute atomic E-state index is 12.7. The highest BCUT2D eigenvalue weighted by Crippen LogP contribution is 2.20. The summed E-state index contributed by atoms with van der Waals surface area (Å²) in [4.78, 5) is 0. The van der Waals surface area contributed by atoms with Crippen LogP contribution in [-0.2, 0) is 9.47 Å². The highest BCUT2D eigenvalue weighted by Gasteiger charge is 2.09. The van der Waals surface area contributed by atoms with Crippen LogP contribution in [0.3, 0.4) is 0 Å². The number of benzene rings is 1. The molecule has 1 atom stereocenters. The van der Waals surface area contributed by atoms with Gasteiger partial charge in [0.1, 0.15) is 5.82 Å². The average molecular weight is 324 g/mol. The standard InChI is InChI=1S/C11H14FIO2/c1-14-6-7-15-11(8-13)9-2-4-10(12)5-3-9/h2-5,11H,6-8H2,1H3. The second-order valence-corrected chi connectivity index (χ2v) is 3.94. The van der Waals surface area contributed by atoms with Crippen molar-refractivity contribution < 1.29 is 13.9 Å². The summed E-state index contributed by atoms with van der Waals surface area (Å²) in [5.41, 5.74) is 1.00. The molecule has 0 spiro atoms. The summed E-state index contributed by atoms with van der Waals surface area (Å²) < 4.78 is 24.0. The third-order valence-electron chi connectivity index (χ3n) is 1.99. The van der Waals surface area contributed by atoms with Crippen molar-refractivity contribution in [3.05, 3.63) is 35.6 Å². The zero-order chi connectivity index (χ0) is 11.1. The second-order valence-electron chi connectivity index (χ2n) is 3.06. The van der Waals surface area contributed by atoms with Crippen molar-refractivity contribution >= 4 is 22.6 Å². The van der Waals surface area contributed by atoms with Gasteiger partial charge in [0.2, 0.25) is 0 Å². The average Bonchev–Trinajstić information content (AvgIpc) is 2.26. The Morgan fingerprint density at radius 3 is 2.47 bits per heavy atom. The Kier molecular flexibility index (Phi) is 6.12. The molecule has 1 unspecified atom stereocenters. The molecule has 0 N–H and O–H groups in total. The van der Waals surface area contributed by atoms with E-state index >= 15 is 0 Å². The zero-order valence-corrected chi connectivity index (χ0v) is 10.7. The summed E-state index contributed by atoms with van der Waals surface area (Å²) in [6.45, 7) is 1.13. The van der Waals surface area contributed by atoms with Gasteiger partial charge < -0.3 is 9.47 Å². The van der Waals surface area contributed by atoms with Crippen LogP contribution < -0.4 is 0 Å². The van der Waals surface area contributed by atoms with Crippen LogP contribution in [0.25, 0.3) is 0 Å². The minimum absolute atomic E-state index is 0.0151. The maximum atomic E-state index is 12.7. The van der Waals surface area contributed by atoms with Gasteiger partial charge in [0.15, 0.2) is 0 Å². The van der Waals surface area contributed by atoms with Crippen LogP contribution in [0.2, 0.25) is 0 Å². The molecule has 1 aromatic carbocycles. The van der Waals surface area contributed by atoms with Crippen molar-refractivity contribution in [2.75, 3.05) is 24.8 Å². The molecule has 0 aliphatic heterocycles. The van der Waals surface area contributed by atoms with Crippen molar-refractivity contribution in [3.63, 3.8) is 0 Å². The van der Waals surface area contributed by atoms with Crippen molar-refractivity contribution in [1.82, 2.24) is 0 Å². The van der Waals surface area contributed by atoms with Gasteiger partial charge in [-0.25, -0.2) is 4.39 Å². The van der Waals surface area contributed by atoms with E-state index in [0.29, 0.717) is 13.2 Å². The molecule has 0 saturated carbocycles. The summed E-state index contributed by atoms with van der Waals surface area (Å²) in [6, 6.07) is 6.42. The molecular formula is C11H14FIO2. The van der Waals surface area contributed by atoms with E-state index in [1.54, 1.807) is 19.2 Å². The Labute approximate surface area is 103 Å². The van der Waals surface area contributed by atoms with Gasteiger partial charge in [0.05, 0.1) is 19.3 Å². The van der Waals surface area contributed by atoms with Gasteiger partial charge in [-0.05, 0) is 17.7 Å². The summed E-state index contributed by atoms with van der Waals surface area (Å²) in [6.07, 6.45) is 0.0151. The molecule has 84 valence electrons. The smallest absolute Gasteiger partial charge is 0.123 e. The molecule has 15 heavy (non-hydrogen) atoms. The molecule has 0 fully saturated rings. The lowest BCUT2D eigenvalue weighted by Gasteiger charge is -2.15. The summed E-state index contributed by atoms with van der Waals surface area (Å²) in [5.74, 6) is -0.220. The molecule has 1 rings (SSSR count). The predicted octanol–water partition coefficient (Wildman–Crippen LogP) is 2.96. The summed E-state index contributed by atoms with van der Waals surface area (Å²) >= 11 is 2.25. The lowest BCUT2D eigenvalue weighted by atomic mass is 10.1.